The summed E-state index contributed by atoms with van der Waals surface area (Å²) >= 11 is 0. The zero-order valence-corrected chi connectivity index (χ0v) is 17.6. The van der Waals surface area contributed by atoms with E-state index >= 15 is 0 Å². The molecule has 0 aliphatic carbocycles. The molecule has 0 saturated carbocycles. The highest BCUT2D eigenvalue weighted by molar-refractivity contribution is 5.95. The minimum Gasteiger partial charge on any atom is -0.493 e. The highest BCUT2D eigenvalue weighted by Crippen LogP contribution is 2.29. The molecule has 0 aliphatic rings. The van der Waals surface area contributed by atoms with Crippen molar-refractivity contribution in [3.8, 4) is 11.5 Å². The van der Waals surface area contributed by atoms with Crippen molar-refractivity contribution >= 4 is 5.91 Å². The van der Waals surface area contributed by atoms with Crippen LogP contribution in [-0.4, -0.2) is 31.0 Å². The van der Waals surface area contributed by atoms with Crippen LogP contribution in [0.4, 0.5) is 4.39 Å². The molecule has 0 bridgehead atoms. The van der Waals surface area contributed by atoms with Crippen molar-refractivity contribution in [2.75, 3.05) is 20.2 Å². The summed E-state index contributed by atoms with van der Waals surface area (Å²) in [6.07, 6.45) is 0.669. The van der Waals surface area contributed by atoms with Gasteiger partial charge >= 0.3 is 0 Å². The molecule has 1 amide bonds. The normalized spacial score (nSPS) is 10.5. The maximum Gasteiger partial charge on any atom is 0.254 e. The Morgan fingerprint density at radius 2 is 1.71 bits per heavy atom. The van der Waals surface area contributed by atoms with E-state index in [-0.39, 0.29) is 11.7 Å². The van der Waals surface area contributed by atoms with Crippen molar-refractivity contribution in [1.29, 1.82) is 0 Å². The number of nitrogens with zero attached hydrogens (tertiary/aromatic N) is 1. The third kappa shape index (κ3) is 6.30. The van der Waals surface area contributed by atoms with Gasteiger partial charge in [-0.3, -0.25) is 4.79 Å². The fraction of sp³-hybridized carbons (Fsp3) is 0.240. The first-order valence-corrected chi connectivity index (χ1v) is 10.2. The van der Waals surface area contributed by atoms with Gasteiger partial charge < -0.3 is 20.1 Å². The second-order valence-corrected chi connectivity index (χ2v) is 7.14. The molecule has 5 nitrogen and oxygen atoms in total. The maximum atomic E-state index is 13.2. The number of rotatable bonds is 10. The van der Waals surface area contributed by atoms with Crippen LogP contribution in [0.2, 0.25) is 0 Å². The number of hydrogen-bond acceptors (Lipinski definition) is 4. The summed E-state index contributed by atoms with van der Waals surface area (Å²) < 4.78 is 24.6. The van der Waals surface area contributed by atoms with Gasteiger partial charge in [0.25, 0.3) is 5.91 Å². The third-order valence-electron chi connectivity index (χ3n) is 4.85. The van der Waals surface area contributed by atoms with Gasteiger partial charge in [-0.2, -0.15) is 0 Å². The van der Waals surface area contributed by atoms with Crippen molar-refractivity contribution in [2.24, 2.45) is 5.73 Å². The molecule has 2 N–H and O–H groups in total. The molecule has 31 heavy (non-hydrogen) atoms. The minimum absolute atomic E-state index is 0.148. The van der Waals surface area contributed by atoms with Crippen LogP contribution < -0.4 is 15.2 Å². The largest absolute Gasteiger partial charge is 0.493 e. The summed E-state index contributed by atoms with van der Waals surface area (Å²) in [5.74, 6) is 0.599. The van der Waals surface area contributed by atoms with Gasteiger partial charge in [-0.05, 0) is 54.4 Å². The van der Waals surface area contributed by atoms with Gasteiger partial charge in [-0.25, -0.2) is 4.39 Å². The van der Waals surface area contributed by atoms with E-state index in [4.69, 9.17) is 15.2 Å². The molecule has 3 rings (SSSR count). The average molecular weight is 423 g/mol. The zero-order chi connectivity index (χ0) is 22.1. The monoisotopic (exact) mass is 422 g/mol. The predicted octanol–water partition coefficient (Wildman–Crippen LogP) is 4.40. The Hall–Kier alpha value is -3.38. The highest BCUT2D eigenvalue weighted by Gasteiger charge is 2.18. The molecule has 0 spiro atoms. The molecule has 0 aromatic heterocycles. The van der Waals surface area contributed by atoms with Gasteiger partial charge in [0.05, 0.1) is 7.11 Å². The standard InChI is InChI=1S/C25H27FN2O3/c1-30-24-16-21(10-13-23(24)31-18-20-6-3-2-4-7-20)25(29)28(15-5-14-27)17-19-8-11-22(26)12-9-19/h2-4,6-13,16H,5,14-15,17-18,27H2,1H3. The van der Waals surface area contributed by atoms with Gasteiger partial charge in [0.1, 0.15) is 12.4 Å². The summed E-state index contributed by atoms with van der Waals surface area (Å²) in [5.41, 5.74) is 8.03. The fourth-order valence-corrected chi connectivity index (χ4v) is 3.18. The van der Waals surface area contributed by atoms with Crippen molar-refractivity contribution < 1.29 is 18.7 Å². The van der Waals surface area contributed by atoms with E-state index in [1.54, 1.807) is 42.3 Å². The molecular weight excluding hydrogens is 395 g/mol. The second kappa shape index (κ2) is 11.1. The summed E-state index contributed by atoms with van der Waals surface area (Å²) in [6, 6.07) is 21.1. The molecule has 0 aliphatic heterocycles. The Bertz CT molecular complexity index is 978. The molecule has 162 valence electrons. The Kier molecular flexibility index (Phi) is 8.01. The molecule has 0 unspecified atom stereocenters. The van der Waals surface area contributed by atoms with Crippen LogP contribution in [0.1, 0.15) is 27.9 Å². The van der Waals surface area contributed by atoms with Crippen LogP contribution in [-0.2, 0) is 13.2 Å². The topological polar surface area (TPSA) is 64.8 Å². The summed E-state index contributed by atoms with van der Waals surface area (Å²) in [4.78, 5) is 14.9. The van der Waals surface area contributed by atoms with Crippen molar-refractivity contribution in [3.63, 3.8) is 0 Å². The average Bonchev–Trinajstić information content (AvgIpc) is 2.81. The van der Waals surface area contributed by atoms with E-state index in [0.717, 1.165) is 11.1 Å². The van der Waals surface area contributed by atoms with E-state index < -0.39 is 0 Å². The van der Waals surface area contributed by atoms with Crippen LogP contribution in [0.15, 0.2) is 72.8 Å². The Morgan fingerprint density at radius 3 is 2.39 bits per heavy atom. The van der Waals surface area contributed by atoms with Gasteiger partial charge in [-0.15, -0.1) is 0 Å². The lowest BCUT2D eigenvalue weighted by Gasteiger charge is -2.23. The molecule has 0 saturated heterocycles. The number of hydrogen-bond donors (Lipinski definition) is 1. The van der Waals surface area contributed by atoms with Gasteiger partial charge in [0.15, 0.2) is 11.5 Å². The molecule has 6 heteroatoms. The number of carbonyl (C=O) groups excluding carboxylic acids is 1. The van der Waals surface area contributed by atoms with Crippen molar-refractivity contribution in [3.05, 3.63) is 95.3 Å². The van der Waals surface area contributed by atoms with Gasteiger partial charge in [0.2, 0.25) is 0 Å². The maximum absolute atomic E-state index is 13.2. The first-order chi connectivity index (χ1) is 15.1. The Morgan fingerprint density at radius 1 is 0.968 bits per heavy atom. The lowest BCUT2D eigenvalue weighted by molar-refractivity contribution is 0.0741. The van der Waals surface area contributed by atoms with E-state index in [2.05, 4.69) is 0 Å². The lowest BCUT2D eigenvalue weighted by Crippen LogP contribution is -2.32. The first-order valence-electron chi connectivity index (χ1n) is 10.2. The van der Waals surface area contributed by atoms with E-state index in [1.165, 1.54) is 12.1 Å². The summed E-state index contributed by atoms with van der Waals surface area (Å²) in [6.45, 7) is 1.75. The molecule has 3 aromatic rings. The summed E-state index contributed by atoms with van der Waals surface area (Å²) in [5, 5.41) is 0. The van der Waals surface area contributed by atoms with Crippen LogP contribution >= 0.6 is 0 Å². The quantitative estimate of drug-likeness (QED) is 0.526. The van der Waals surface area contributed by atoms with Crippen LogP contribution in [0, 0.1) is 5.82 Å². The fourth-order valence-electron chi connectivity index (χ4n) is 3.18. The molecular formula is C25H27FN2O3. The lowest BCUT2D eigenvalue weighted by atomic mass is 10.1. The van der Waals surface area contributed by atoms with Crippen LogP contribution in [0.5, 0.6) is 11.5 Å². The molecule has 0 heterocycles. The minimum atomic E-state index is -0.306. The predicted molar refractivity (Wildman–Crippen MR) is 119 cm³/mol. The molecule has 3 aromatic carbocycles. The van der Waals surface area contributed by atoms with Crippen molar-refractivity contribution in [1.82, 2.24) is 4.90 Å². The Labute approximate surface area is 182 Å². The number of amides is 1. The smallest absolute Gasteiger partial charge is 0.254 e. The number of nitrogens with two attached hydrogens (primary N) is 1. The van der Waals surface area contributed by atoms with Gasteiger partial charge in [0, 0.05) is 18.7 Å². The van der Waals surface area contributed by atoms with E-state index in [0.29, 0.717) is 49.7 Å². The van der Waals surface area contributed by atoms with Crippen molar-refractivity contribution in [2.45, 2.75) is 19.6 Å². The number of carbonyl (C=O) groups is 1. The number of ether oxygens (including phenoxy) is 2. The van der Waals surface area contributed by atoms with E-state index in [1.807, 2.05) is 30.3 Å². The molecule has 0 atom stereocenters. The number of benzene rings is 3. The van der Waals surface area contributed by atoms with Gasteiger partial charge in [-0.1, -0.05) is 42.5 Å². The second-order valence-electron chi connectivity index (χ2n) is 7.14. The van der Waals surface area contributed by atoms with Crippen LogP contribution in [0.3, 0.4) is 0 Å². The van der Waals surface area contributed by atoms with Crippen LogP contribution in [0.25, 0.3) is 0 Å². The molecule has 0 radical (unpaired) electrons. The third-order valence-corrected chi connectivity index (χ3v) is 4.85. The zero-order valence-electron chi connectivity index (χ0n) is 17.6. The Balaban J connectivity index is 1.75. The highest BCUT2D eigenvalue weighted by atomic mass is 19.1. The number of methoxy groups -OCH3 is 1. The summed E-state index contributed by atoms with van der Waals surface area (Å²) in [7, 11) is 1.55. The van der Waals surface area contributed by atoms with E-state index in [9.17, 15) is 9.18 Å². The molecule has 0 fully saturated rings. The SMILES string of the molecule is COc1cc(C(=O)N(CCCN)Cc2ccc(F)cc2)ccc1OCc1ccccc1. The first kappa shape index (κ1) is 22.3. The number of halogens is 1.